The summed E-state index contributed by atoms with van der Waals surface area (Å²) in [6, 6.07) is 14.4. The van der Waals surface area contributed by atoms with Crippen LogP contribution in [0.25, 0.3) is 23.0 Å². The molecule has 3 fully saturated rings. The zero-order valence-electron chi connectivity index (χ0n) is 28.0. The normalized spacial score (nSPS) is 32.1. The molecule has 4 aliphatic rings. The number of carbonyl (C=O) groups excluding carboxylic acids is 1. The molecule has 9 nitrogen and oxygen atoms in total. The van der Waals surface area contributed by atoms with Crippen molar-refractivity contribution in [2.75, 3.05) is 19.0 Å². The van der Waals surface area contributed by atoms with Gasteiger partial charge in [-0.2, -0.15) is 5.10 Å². The lowest BCUT2D eigenvalue weighted by molar-refractivity contribution is -0.180. The summed E-state index contributed by atoms with van der Waals surface area (Å²) in [5.74, 6) is -0.247. The van der Waals surface area contributed by atoms with Crippen LogP contribution >= 0.6 is 0 Å². The number of aliphatic hydroxyl groups is 2. The van der Waals surface area contributed by atoms with Crippen molar-refractivity contribution in [3.8, 4) is 16.9 Å². The average Bonchev–Trinajstić information content (AvgIpc) is 3.76. The molecule has 4 aromatic rings. The Kier molecular flexibility index (Phi) is 7.09. The van der Waals surface area contributed by atoms with E-state index in [2.05, 4.69) is 28.4 Å². The largest absolute Gasteiger partial charge is 0.393 e. The zero-order chi connectivity index (χ0) is 33.6. The van der Waals surface area contributed by atoms with E-state index in [1.807, 2.05) is 61.1 Å². The smallest absolute Gasteiger partial charge is 0.186 e. The van der Waals surface area contributed by atoms with Crippen LogP contribution in [-0.2, 0) is 17.8 Å². The first-order valence-corrected chi connectivity index (χ1v) is 17.1. The molecule has 0 amide bonds. The number of allylic oxidation sites excluding steroid dienone is 1. The molecule has 0 bridgehead atoms. The van der Waals surface area contributed by atoms with Gasteiger partial charge in [-0.05, 0) is 110 Å². The molecule has 0 saturated heterocycles. The summed E-state index contributed by atoms with van der Waals surface area (Å²) >= 11 is 0. The van der Waals surface area contributed by atoms with Crippen LogP contribution in [0.5, 0.6) is 0 Å². The number of rotatable bonds is 6. The third-order valence-electron chi connectivity index (χ3n) is 12.6. The molecule has 2 heterocycles. The fourth-order valence-corrected chi connectivity index (χ4v) is 10.2. The molecule has 0 radical (unpaired) electrons. The summed E-state index contributed by atoms with van der Waals surface area (Å²) in [7, 11) is 3.98. The van der Waals surface area contributed by atoms with Gasteiger partial charge in [-0.15, -0.1) is 5.10 Å². The van der Waals surface area contributed by atoms with E-state index in [4.69, 9.17) is 0 Å². The van der Waals surface area contributed by atoms with Gasteiger partial charge in [0.2, 0.25) is 0 Å². The second kappa shape index (κ2) is 10.9. The fraction of sp³-hybridized carbons (Fsp3) is 0.474. The highest BCUT2D eigenvalue weighted by Crippen LogP contribution is 2.67. The van der Waals surface area contributed by atoms with Gasteiger partial charge in [0.25, 0.3) is 0 Å². The van der Waals surface area contributed by atoms with E-state index in [9.17, 15) is 19.4 Å². The molecule has 8 rings (SSSR count). The topological polar surface area (TPSA) is 109 Å². The number of fused-ring (bicyclic) bond motifs is 6. The van der Waals surface area contributed by atoms with Gasteiger partial charge in [0, 0.05) is 30.8 Å². The predicted molar refractivity (Wildman–Crippen MR) is 181 cm³/mol. The van der Waals surface area contributed by atoms with E-state index >= 15 is 0 Å². The number of carbonyl (C=O) groups is 1. The lowest BCUT2D eigenvalue weighted by atomic mass is 9.45. The molecule has 4 aliphatic carbocycles. The second-order valence-corrected chi connectivity index (χ2v) is 15.3. The van der Waals surface area contributed by atoms with Crippen LogP contribution < -0.4 is 4.90 Å². The number of nitrogens with zero attached hydrogens (tertiary/aromatic N) is 6. The van der Waals surface area contributed by atoms with Crippen LogP contribution in [0.2, 0.25) is 0 Å². The summed E-state index contributed by atoms with van der Waals surface area (Å²) in [5.41, 5.74) is 4.35. The van der Waals surface area contributed by atoms with Crippen molar-refractivity contribution in [3.63, 3.8) is 0 Å². The maximum absolute atomic E-state index is 14.0. The molecular formula is C38H43FN6O3. The quantitative estimate of drug-likeness (QED) is 0.284. The third-order valence-corrected chi connectivity index (χ3v) is 12.6. The summed E-state index contributed by atoms with van der Waals surface area (Å²) in [6.07, 6.45) is 9.27. The first-order chi connectivity index (χ1) is 22.9. The zero-order valence-corrected chi connectivity index (χ0v) is 28.0. The number of halogens is 1. The molecule has 6 unspecified atom stereocenters. The number of hydrogen-bond acceptors (Lipinski definition) is 7. The molecule has 0 spiro atoms. The number of aromatic nitrogens is 5. The van der Waals surface area contributed by atoms with E-state index in [1.165, 1.54) is 22.4 Å². The molecule has 7 atom stereocenters. The lowest BCUT2D eigenvalue weighted by Gasteiger charge is -2.60. The molecule has 2 N–H and O–H groups in total. The first-order valence-electron chi connectivity index (χ1n) is 17.1. The maximum Gasteiger partial charge on any atom is 0.186 e. The minimum absolute atomic E-state index is 0.00658. The van der Waals surface area contributed by atoms with Crippen LogP contribution in [0.15, 0.2) is 66.5 Å². The Balaban J connectivity index is 1.03. The first kappa shape index (κ1) is 31.1. The SMILES string of the molecule is CN(C)c1ccc(-c2cn(CC(=O)[C@@]3(O)CCC4C5CCC6=Cc7c(cnn7-c7ccc(F)cc7)CC6(C)C5C(O)CC43C)nn2)cc1. The molecular weight excluding hydrogens is 607 g/mol. The Labute approximate surface area is 280 Å². The highest BCUT2D eigenvalue weighted by atomic mass is 19.1. The van der Waals surface area contributed by atoms with Crippen LogP contribution in [0.4, 0.5) is 10.1 Å². The molecule has 0 aliphatic heterocycles. The third kappa shape index (κ3) is 4.55. The van der Waals surface area contributed by atoms with Gasteiger partial charge in [0.15, 0.2) is 5.78 Å². The van der Waals surface area contributed by atoms with E-state index in [-0.39, 0.29) is 41.3 Å². The van der Waals surface area contributed by atoms with Crippen molar-refractivity contribution in [2.45, 2.75) is 70.6 Å². The highest BCUT2D eigenvalue weighted by molar-refractivity contribution is 5.88. The summed E-state index contributed by atoms with van der Waals surface area (Å²) < 4.78 is 17.0. The molecule has 10 heteroatoms. The lowest BCUT2D eigenvalue weighted by Crippen LogP contribution is -2.62. The Morgan fingerprint density at radius 1 is 1.08 bits per heavy atom. The van der Waals surface area contributed by atoms with Gasteiger partial charge in [-0.25, -0.2) is 13.8 Å². The van der Waals surface area contributed by atoms with Crippen molar-refractivity contribution in [3.05, 3.63) is 83.6 Å². The standard InChI is InChI=1S/C38H43FN6O3/c1-36-18-24-20-40-45(28-12-8-26(39)9-13-28)32(24)17-25(36)7-14-29-30-15-16-38(48,37(30,2)19-33(46)35(29)36)34(47)22-44-21-31(41-42-44)23-5-10-27(11-6-23)43(3)4/h5-6,8-13,17,20-21,29-30,33,35,46,48H,7,14-16,18-19,22H2,1-4H3/t29?,30?,33?,35?,36?,37?,38-/m0/s1. The fourth-order valence-electron chi connectivity index (χ4n) is 10.2. The van der Waals surface area contributed by atoms with Gasteiger partial charge in [-0.1, -0.05) is 36.8 Å². The molecule has 3 saturated carbocycles. The van der Waals surface area contributed by atoms with E-state index < -0.39 is 17.1 Å². The van der Waals surface area contributed by atoms with Crippen molar-refractivity contribution >= 4 is 17.5 Å². The highest BCUT2D eigenvalue weighted by Gasteiger charge is 2.68. The second-order valence-electron chi connectivity index (χ2n) is 15.3. The number of Topliss-reactive ketones (excluding diaryl/α,β-unsaturated/α-hetero) is 1. The average molecular weight is 651 g/mol. The summed E-state index contributed by atoms with van der Waals surface area (Å²) in [4.78, 5) is 16.1. The maximum atomic E-state index is 14.0. The van der Waals surface area contributed by atoms with Gasteiger partial charge < -0.3 is 15.1 Å². The van der Waals surface area contributed by atoms with Crippen LogP contribution in [0.1, 0.15) is 57.2 Å². The monoisotopic (exact) mass is 650 g/mol. The van der Waals surface area contributed by atoms with E-state index in [0.29, 0.717) is 18.5 Å². The van der Waals surface area contributed by atoms with E-state index in [1.54, 1.807) is 18.3 Å². The molecule has 250 valence electrons. The van der Waals surface area contributed by atoms with Gasteiger partial charge in [-0.3, -0.25) is 4.79 Å². The minimum atomic E-state index is -1.56. The predicted octanol–water partition coefficient (Wildman–Crippen LogP) is 5.49. The van der Waals surface area contributed by atoms with Gasteiger partial charge in [0.1, 0.15) is 23.7 Å². The van der Waals surface area contributed by atoms with Crippen LogP contribution in [0.3, 0.4) is 0 Å². The Morgan fingerprint density at radius 2 is 1.83 bits per heavy atom. The Hall–Kier alpha value is -4.15. The minimum Gasteiger partial charge on any atom is -0.393 e. The van der Waals surface area contributed by atoms with Crippen LogP contribution in [-0.4, -0.2) is 66.6 Å². The molecule has 2 aromatic heterocycles. The number of aliphatic hydroxyl groups excluding tert-OH is 1. The van der Waals surface area contributed by atoms with Crippen molar-refractivity contribution in [1.82, 2.24) is 24.8 Å². The number of hydrogen-bond donors (Lipinski definition) is 2. The van der Waals surface area contributed by atoms with Crippen molar-refractivity contribution < 1.29 is 19.4 Å². The van der Waals surface area contributed by atoms with E-state index in [0.717, 1.165) is 53.9 Å². The summed E-state index contributed by atoms with van der Waals surface area (Å²) in [6.45, 7) is 4.24. The van der Waals surface area contributed by atoms with Gasteiger partial charge in [0.05, 0.1) is 29.9 Å². The van der Waals surface area contributed by atoms with Crippen LogP contribution in [0, 0.1) is 34.4 Å². The Bertz CT molecular complexity index is 1910. The molecule has 48 heavy (non-hydrogen) atoms. The van der Waals surface area contributed by atoms with Crippen molar-refractivity contribution in [1.29, 1.82) is 0 Å². The number of anilines is 1. The Morgan fingerprint density at radius 3 is 2.56 bits per heavy atom. The van der Waals surface area contributed by atoms with Gasteiger partial charge >= 0.3 is 0 Å². The number of ketones is 1. The summed E-state index contributed by atoms with van der Waals surface area (Å²) in [5, 5.41) is 37.5. The number of benzene rings is 2. The van der Waals surface area contributed by atoms with Crippen molar-refractivity contribution in [2.24, 2.45) is 28.6 Å². The molecule has 2 aromatic carbocycles.